The highest BCUT2D eigenvalue weighted by atomic mass is 16.6. The van der Waals surface area contributed by atoms with Crippen LogP contribution in [0.15, 0.2) is 30.7 Å². The fourth-order valence-corrected chi connectivity index (χ4v) is 6.58. The van der Waals surface area contributed by atoms with Crippen molar-refractivity contribution in [2.75, 3.05) is 34.0 Å². The van der Waals surface area contributed by atoms with E-state index in [0.29, 0.717) is 44.0 Å². The van der Waals surface area contributed by atoms with E-state index in [1.165, 1.54) is 17.4 Å². The van der Waals surface area contributed by atoms with E-state index >= 15 is 0 Å². The summed E-state index contributed by atoms with van der Waals surface area (Å²) in [6.07, 6.45) is 0.720. The number of rotatable bonds is 21. The Morgan fingerprint density at radius 1 is 1.04 bits per heavy atom. The van der Waals surface area contributed by atoms with Crippen molar-refractivity contribution in [1.29, 1.82) is 0 Å². The molecule has 0 spiro atoms. The first-order chi connectivity index (χ1) is 25.4. The summed E-state index contributed by atoms with van der Waals surface area (Å²) in [6.45, 7) is 14.0. The summed E-state index contributed by atoms with van der Waals surface area (Å²) in [4.78, 5) is 57.2. The Kier molecular flexibility index (Phi) is 16.2. The monoisotopic (exact) mass is 759 g/mol. The Morgan fingerprint density at radius 2 is 1.74 bits per heavy atom. The average Bonchev–Trinajstić information content (AvgIpc) is 3.71. The molecule has 2 unspecified atom stereocenters. The maximum atomic E-state index is 13.7. The number of nitrogens with two attached hydrogens (primary N) is 1. The Morgan fingerprint density at radius 3 is 2.30 bits per heavy atom. The fourth-order valence-electron chi connectivity index (χ4n) is 6.58. The number of methoxy groups -OCH3 is 2. The first-order valence-electron chi connectivity index (χ1n) is 18.6. The lowest BCUT2D eigenvalue weighted by Crippen LogP contribution is -2.49. The number of hydrogen-bond acceptors (Lipinski definition) is 10. The molecule has 0 aliphatic carbocycles. The number of benzene rings is 1. The quantitative estimate of drug-likeness (QED) is 0.118. The molecule has 1 aromatic heterocycles. The van der Waals surface area contributed by atoms with E-state index in [2.05, 4.69) is 24.1 Å². The van der Waals surface area contributed by atoms with Crippen LogP contribution >= 0.6 is 0 Å². The van der Waals surface area contributed by atoms with Crippen LogP contribution in [0, 0.1) is 29.1 Å². The van der Waals surface area contributed by atoms with Crippen LogP contribution in [0.1, 0.15) is 83.8 Å². The van der Waals surface area contributed by atoms with E-state index in [0.717, 1.165) is 5.56 Å². The number of aromatic nitrogens is 2. The van der Waals surface area contributed by atoms with Crippen molar-refractivity contribution in [2.45, 2.75) is 98.6 Å². The molecule has 15 nitrogen and oxygen atoms in total. The van der Waals surface area contributed by atoms with Gasteiger partial charge in [-0.25, -0.2) is 14.6 Å². The second-order valence-corrected chi connectivity index (χ2v) is 15.5. The molecule has 3 rings (SSSR count). The molecule has 0 radical (unpaired) electrons. The number of imidazole rings is 1. The van der Waals surface area contributed by atoms with E-state index in [9.17, 15) is 24.3 Å². The van der Waals surface area contributed by atoms with Crippen LogP contribution in [0.5, 0.6) is 11.5 Å². The van der Waals surface area contributed by atoms with Gasteiger partial charge in [0, 0.05) is 45.8 Å². The molecule has 15 heteroatoms. The number of ether oxygens (including phenoxy) is 5. The number of carboxylic acid groups (broad SMARTS) is 1. The number of primary amides is 1. The van der Waals surface area contributed by atoms with Gasteiger partial charge in [-0.15, -0.1) is 0 Å². The minimum absolute atomic E-state index is 0.0366. The van der Waals surface area contributed by atoms with Gasteiger partial charge in [0.05, 0.1) is 37.6 Å². The van der Waals surface area contributed by atoms with Gasteiger partial charge in [0.25, 0.3) is 0 Å². The second-order valence-electron chi connectivity index (χ2n) is 15.5. The zero-order chi connectivity index (χ0) is 40.3. The largest absolute Gasteiger partial charge is 0.493 e. The number of carbonyl (C=O) groups is 4. The fraction of sp³-hybridized carbons (Fsp3) is 0.667. The Bertz CT molecular complexity index is 1560. The molecule has 4 N–H and O–H groups in total. The average molecular weight is 760 g/mol. The Hall–Kier alpha value is -4.37. The van der Waals surface area contributed by atoms with Crippen LogP contribution in [0.25, 0.3) is 0 Å². The molecule has 0 saturated carbocycles. The maximum Gasteiger partial charge on any atom is 0.409 e. The molecular formula is C39H61N5O10. The zero-order valence-electron chi connectivity index (χ0n) is 33.5. The summed E-state index contributed by atoms with van der Waals surface area (Å²) < 4.78 is 30.6. The van der Waals surface area contributed by atoms with E-state index in [-0.39, 0.29) is 42.3 Å². The number of nitrogens with one attached hydrogen (secondary N) is 1. The minimum Gasteiger partial charge on any atom is -0.493 e. The van der Waals surface area contributed by atoms with Gasteiger partial charge in [-0.05, 0) is 75.5 Å². The summed E-state index contributed by atoms with van der Waals surface area (Å²) in [7, 11) is 4.95. The predicted molar refractivity (Wildman–Crippen MR) is 201 cm³/mol. The molecule has 1 aliphatic rings. The molecule has 6 atom stereocenters. The number of esters is 1. The summed E-state index contributed by atoms with van der Waals surface area (Å²) in [6, 6.07) is 5.09. The Balaban J connectivity index is 1.97. The summed E-state index contributed by atoms with van der Waals surface area (Å²) in [5.41, 5.74) is 5.65. The van der Waals surface area contributed by atoms with Crippen molar-refractivity contribution in [2.24, 2.45) is 41.9 Å². The van der Waals surface area contributed by atoms with Crippen molar-refractivity contribution >= 4 is 23.9 Å². The van der Waals surface area contributed by atoms with Crippen molar-refractivity contribution < 1.29 is 48.0 Å². The molecule has 54 heavy (non-hydrogen) atoms. The minimum atomic E-state index is -1.24. The van der Waals surface area contributed by atoms with Crippen molar-refractivity contribution in [3.8, 4) is 11.5 Å². The van der Waals surface area contributed by atoms with Crippen LogP contribution < -0.4 is 20.5 Å². The van der Waals surface area contributed by atoms with Gasteiger partial charge < -0.3 is 44.4 Å². The van der Waals surface area contributed by atoms with Gasteiger partial charge in [-0.3, -0.25) is 14.5 Å². The zero-order valence-corrected chi connectivity index (χ0v) is 33.5. The van der Waals surface area contributed by atoms with E-state index < -0.39 is 53.8 Å². The normalized spacial score (nSPS) is 19.0. The number of hydrogen-bond donors (Lipinski definition) is 3. The van der Waals surface area contributed by atoms with Crippen molar-refractivity contribution in [3.63, 3.8) is 0 Å². The molecule has 1 fully saturated rings. The summed E-state index contributed by atoms with van der Waals surface area (Å²) in [5.74, 6) is -1.02. The van der Waals surface area contributed by atoms with E-state index in [4.69, 9.17) is 29.4 Å². The van der Waals surface area contributed by atoms with Crippen LogP contribution in [-0.4, -0.2) is 102 Å². The van der Waals surface area contributed by atoms with Gasteiger partial charge in [0.1, 0.15) is 6.10 Å². The molecule has 1 saturated heterocycles. The smallest absolute Gasteiger partial charge is 0.409 e. The summed E-state index contributed by atoms with van der Waals surface area (Å²) >= 11 is 0. The van der Waals surface area contributed by atoms with Gasteiger partial charge >= 0.3 is 12.1 Å². The summed E-state index contributed by atoms with van der Waals surface area (Å²) in [5, 5.41) is 13.6. The van der Waals surface area contributed by atoms with Gasteiger partial charge in [0.15, 0.2) is 23.4 Å². The first-order valence-corrected chi connectivity index (χ1v) is 18.6. The second kappa shape index (κ2) is 19.8. The van der Waals surface area contributed by atoms with Crippen LogP contribution in [-0.2, 0) is 37.3 Å². The van der Waals surface area contributed by atoms with Crippen LogP contribution in [0.2, 0.25) is 0 Å². The third-order valence-corrected chi connectivity index (χ3v) is 10.2. The van der Waals surface area contributed by atoms with Crippen LogP contribution in [0.3, 0.4) is 0 Å². The number of nitrogens with zero attached hydrogens (tertiary/aromatic N) is 3. The Labute approximate surface area is 319 Å². The number of aryl methyl sites for hydroxylation is 1. The van der Waals surface area contributed by atoms with Crippen LogP contribution in [0.4, 0.5) is 4.79 Å². The predicted octanol–water partition coefficient (Wildman–Crippen LogP) is 4.66. The number of amides is 3. The molecule has 1 aliphatic heterocycles. The SMILES string of the molecule is COCCCOc1cc(C[C@H](C[C@H]2[C@H](C[C@H](C(=O)NCC(C)(C)C(N)=O)C(C)C)OC(C(C)OC(=O)c3cn(C)cn3)N2C(=O)O)C(C)C)ccc1OC. The molecule has 0 bridgehead atoms. The third-order valence-electron chi connectivity index (χ3n) is 10.2. The lowest BCUT2D eigenvalue weighted by atomic mass is 9.80. The highest BCUT2D eigenvalue weighted by Crippen LogP contribution is 2.38. The molecular weight excluding hydrogens is 698 g/mol. The molecule has 2 heterocycles. The molecule has 3 amide bonds. The molecule has 2 aromatic rings. The number of carbonyl (C=O) groups excluding carboxylic acids is 3. The first kappa shape index (κ1) is 44.0. The topological polar surface area (TPSA) is 194 Å². The van der Waals surface area contributed by atoms with Gasteiger partial charge in [-0.2, -0.15) is 0 Å². The third kappa shape index (κ3) is 11.8. The maximum absolute atomic E-state index is 13.7. The van der Waals surface area contributed by atoms with E-state index in [1.807, 2.05) is 32.0 Å². The molecule has 302 valence electrons. The van der Waals surface area contributed by atoms with Crippen molar-refractivity contribution in [3.05, 3.63) is 42.0 Å². The lowest BCUT2D eigenvalue weighted by Gasteiger charge is -2.33. The highest BCUT2D eigenvalue weighted by Gasteiger charge is 2.50. The van der Waals surface area contributed by atoms with E-state index in [1.54, 1.807) is 46.6 Å². The van der Waals surface area contributed by atoms with Crippen molar-refractivity contribution in [1.82, 2.24) is 19.8 Å². The standard InChI is InChI=1S/C39H61N5O10/c1-23(2)27(16-26-12-13-31(51-10)33(17-26)52-15-11-14-50-9)18-30-32(19-28(24(3)4)34(45)41-21-39(6,7)37(40)47)54-35(44(30)38(48)49)25(5)53-36(46)29-20-43(8)22-42-29/h12-13,17,20,22-25,27-28,30,32,35H,11,14-16,18-19,21H2,1-10H3,(H2,40,47)(H,41,45)(H,48,49)/t25?,27-,28+,30+,32+,35?/m1/s1. The highest BCUT2D eigenvalue weighted by molar-refractivity contribution is 5.87. The molecule has 1 aromatic carbocycles. The van der Waals surface area contributed by atoms with Gasteiger partial charge in [0.2, 0.25) is 11.8 Å². The lowest BCUT2D eigenvalue weighted by molar-refractivity contribution is -0.130. The van der Waals surface area contributed by atoms with Gasteiger partial charge in [-0.1, -0.05) is 33.8 Å².